The van der Waals surface area contributed by atoms with E-state index in [0.29, 0.717) is 23.5 Å². The van der Waals surface area contributed by atoms with Crippen LogP contribution in [0.2, 0.25) is 0 Å². The highest BCUT2D eigenvalue weighted by molar-refractivity contribution is 7.18. The number of carbonyl (C=O) groups excluding carboxylic acids is 1. The molecule has 0 fully saturated rings. The van der Waals surface area contributed by atoms with E-state index in [9.17, 15) is 4.79 Å². The summed E-state index contributed by atoms with van der Waals surface area (Å²) in [6.07, 6.45) is 0.589. The lowest BCUT2D eigenvalue weighted by atomic mass is 10.2. The van der Waals surface area contributed by atoms with Crippen molar-refractivity contribution in [3.05, 3.63) is 53.0 Å². The molecule has 0 atom stereocenters. The Morgan fingerprint density at radius 2 is 1.79 bits per heavy atom. The summed E-state index contributed by atoms with van der Waals surface area (Å²) in [6, 6.07) is 12.9. The first-order valence-electron chi connectivity index (χ1n) is 7.44. The zero-order chi connectivity index (χ0) is 16.9. The molecule has 0 aliphatic heterocycles. The summed E-state index contributed by atoms with van der Waals surface area (Å²) < 4.78 is 16.8. The molecule has 5 nitrogen and oxygen atoms in total. The van der Waals surface area contributed by atoms with Gasteiger partial charge in [-0.1, -0.05) is 12.1 Å². The Balaban J connectivity index is 1.63. The number of carbonyl (C=O) groups is 1. The number of hydrogen-bond acceptors (Lipinski definition) is 6. The van der Waals surface area contributed by atoms with E-state index >= 15 is 0 Å². The maximum Gasteiger partial charge on any atom is 0.338 e. The van der Waals surface area contributed by atoms with E-state index in [1.54, 1.807) is 29.5 Å². The summed E-state index contributed by atoms with van der Waals surface area (Å²) in [6.45, 7) is 0.276. The third-order valence-corrected chi connectivity index (χ3v) is 4.57. The summed E-state index contributed by atoms with van der Waals surface area (Å²) in [5.41, 5.74) is 1.37. The molecule has 0 N–H and O–H groups in total. The highest BCUT2D eigenvalue weighted by Gasteiger charge is 2.12. The van der Waals surface area contributed by atoms with Gasteiger partial charge in [0.1, 0.15) is 11.5 Å². The third kappa shape index (κ3) is 3.65. The van der Waals surface area contributed by atoms with Crippen molar-refractivity contribution in [3.8, 4) is 11.5 Å². The smallest absolute Gasteiger partial charge is 0.338 e. The molecule has 3 aromatic rings. The van der Waals surface area contributed by atoms with Gasteiger partial charge in [-0.25, -0.2) is 9.78 Å². The zero-order valence-electron chi connectivity index (χ0n) is 13.4. The van der Waals surface area contributed by atoms with Crippen LogP contribution in [0.15, 0.2) is 42.5 Å². The van der Waals surface area contributed by atoms with E-state index in [0.717, 1.165) is 15.2 Å². The number of rotatable bonds is 6. The lowest BCUT2D eigenvalue weighted by Crippen LogP contribution is -2.08. The lowest BCUT2D eigenvalue weighted by molar-refractivity contribution is 0.0508. The van der Waals surface area contributed by atoms with Crippen molar-refractivity contribution in [1.29, 1.82) is 0 Å². The van der Waals surface area contributed by atoms with Crippen molar-refractivity contribution in [2.75, 3.05) is 20.8 Å². The van der Waals surface area contributed by atoms with Crippen LogP contribution >= 0.6 is 11.3 Å². The molecule has 1 aromatic heterocycles. The summed E-state index contributed by atoms with van der Waals surface area (Å²) in [7, 11) is 3.08. The van der Waals surface area contributed by atoms with Gasteiger partial charge < -0.3 is 14.2 Å². The second-order valence-electron chi connectivity index (χ2n) is 5.06. The van der Waals surface area contributed by atoms with Gasteiger partial charge in [-0.2, -0.15) is 0 Å². The highest BCUT2D eigenvalue weighted by Crippen LogP contribution is 2.24. The van der Waals surface area contributed by atoms with Gasteiger partial charge in [-0.15, -0.1) is 11.3 Å². The molecule has 24 heavy (non-hydrogen) atoms. The predicted octanol–water partition coefficient (Wildman–Crippen LogP) is 3.71. The fraction of sp³-hybridized carbons (Fsp3) is 0.222. The molecule has 1 heterocycles. The Morgan fingerprint density at radius 3 is 2.46 bits per heavy atom. The van der Waals surface area contributed by atoms with Gasteiger partial charge in [-0.3, -0.25) is 0 Å². The molecule has 0 amide bonds. The van der Waals surface area contributed by atoms with E-state index in [1.807, 2.05) is 24.3 Å². The van der Waals surface area contributed by atoms with Crippen LogP contribution in [-0.2, 0) is 11.2 Å². The molecule has 124 valence electrons. The minimum absolute atomic E-state index is 0.276. The lowest BCUT2D eigenvalue weighted by Gasteiger charge is -2.08. The quantitative estimate of drug-likeness (QED) is 0.639. The van der Waals surface area contributed by atoms with Crippen LogP contribution in [0.3, 0.4) is 0 Å². The number of thiazole rings is 1. The first-order valence-corrected chi connectivity index (χ1v) is 8.26. The van der Waals surface area contributed by atoms with Crippen LogP contribution in [-0.4, -0.2) is 31.8 Å². The van der Waals surface area contributed by atoms with Crippen LogP contribution in [0.1, 0.15) is 15.4 Å². The SMILES string of the molecule is COc1cc(OC)cc(C(=O)OCCc2nc3ccccc3s2)c1. The maximum atomic E-state index is 12.2. The van der Waals surface area contributed by atoms with Crippen molar-refractivity contribution < 1.29 is 19.0 Å². The van der Waals surface area contributed by atoms with Gasteiger partial charge in [-0.05, 0) is 24.3 Å². The standard InChI is InChI=1S/C18H17NO4S/c1-21-13-9-12(10-14(11-13)22-2)18(20)23-8-7-17-19-15-5-3-4-6-16(15)24-17/h3-6,9-11H,7-8H2,1-2H3. The molecule has 0 aliphatic carbocycles. The van der Waals surface area contributed by atoms with Gasteiger partial charge >= 0.3 is 5.97 Å². The van der Waals surface area contributed by atoms with Gasteiger partial charge in [0.15, 0.2) is 0 Å². The molecule has 0 saturated heterocycles. The highest BCUT2D eigenvalue weighted by atomic mass is 32.1. The molecular weight excluding hydrogens is 326 g/mol. The number of fused-ring (bicyclic) bond motifs is 1. The Kier molecular flexibility index (Phi) is 4.96. The Labute approximate surface area is 143 Å². The fourth-order valence-corrected chi connectivity index (χ4v) is 3.21. The average molecular weight is 343 g/mol. The molecule has 0 aliphatic rings. The van der Waals surface area contributed by atoms with Crippen LogP contribution in [0, 0.1) is 0 Å². The van der Waals surface area contributed by atoms with Crippen LogP contribution in [0.4, 0.5) is 0 Å². The Morgan fingerprint density at radius 1 is 1.08 bits per heavy atom. The normalized spacial score (nSPS) is 10.6. The van der Waals surface area contributed by atoms with Crippen molar-refractivity contribution in [3.63, 3.8) is 0 Å². The van der Waals surface area contributed by atoms with E-state index in [1.165, 1.54) is 14.2 Å². The second-order valence-corrected chi connectivity index (χ2v) is 6.18. The zero-order valence-corrected chi connectivity index (χ0v) is 14.3. The number of para-hydroxylation sites is 1. The van der Waals surface area contributed by atoms with Crippen LogP contribution < -0.4 is 9.47 Å². The maximum absolute atomic E-state index is 12.2. The third-order valence-electron chi connectivity index (χ3n) is 3.47. The molecule has 0 unspecified atom stereocenters. The number of benzene rings is 2. The molecule has 2 aromatic carbocycles. The summed E-state index contributed by atoms with van der Waals surface area (Å²) >= 11 is 1.61. The average Bonchev–Trinajstić information content (AvgIpc) is 3.03. The van der Waals surface area contributed by atoms with Crippen LogP contribution in [0.25, 0.3) is 10.2 Å². The number of esters is 1. The topological polar surface area (TPSA) is 57.7 Å². The number of hydrogen-bond donors (Lipinski definition) is 0. The minimum Gasteiger partial charge on any atom is -0.497 e. The van der Waals surface area contributed by atoms with Gasteiger partial charge in [0.05, 0.1) is 41.6 Å². The summed E-state index contributed by atoms with van der Waals surface area (Å²) in [5.74, 6) is 0.688. The van der Waals surface area contributed by atoms with Crippen LogP contribution in [0.5, 0.6) is 11.5 Å². The number of ether oxygens (including phenoxy) is 3. The molecule has 6 heteroatoms. The monoisotopic (exact) mass is 343 g/mol. The second kappa shape index (κ2) is 7.31. The van der Waals surface area contributed by atoms with Gasteiger partial charge in [0, 0.05) is 12.5 Å². The van der Waals surface area contributed by atoms with Crippen molar-refractivity contribution in [2.45, 2.75) is 6.42 Å². The molecule has 0 radical (unpaired) electrons. The van der Waals surface area contributed by atoms with Gasteiger partial charge in [0.25, 0.3) is 0 Å². The first-order chi connectivity index (χ1) is 11.7. The molecule has 0 bridgehead atoms. The van der Waals surface area contributed by atoms with Crippen molar-refractivity contribution in [2.24, 2.45) is 0 Å². The summed E-state index contributed by atoms with van der Waals surface area (Å²) in [4.78, 5) is 16.7. The van der Waals surface area contributed by atoms with E-state index in [2.05, 4.69) is 4.98 Å². The van der Waals surface area contributed by atoms with E-state index in [-0.39, 0.29) is 6.61 Å². The minimum atomic E-state index is -0.409. The Hall–Kier alpha value is -2.60. The van der Waals surface area contributed by atoms with Gasteiger partial charge in [0.2, 0.25) is 0 Å². The Bertz CT molecular complexity index is 804. The summed E-state index contributed by atoms with van der Waals surface area (Å²) in [5, 5.41) is 0.951. The number of methoxy groups -OCH3 is 2. The van der Waals surface area contributed by atoms with E-state index in [4.69, 9.17) is 14.2 Å². The molecule has 0 spiro atoms. The van der Waals surface area contributed by atoms with Crippen molar-refractivity contribution in [1.82, 2.24) is 4.98 Å². The molecule has 0 saturated carbocycles. The van der Waals surface area contributed by atoms with E-state index < -0.39 is 5.97 Å². The molecule has 3 rings (SSSR count). The predicted molar refractivity (Wildman–Crippen MR) is 93.2 cm³/mol. The number of aromatic nitrogens is 1. The first kappa shape index (κ1) is 16.3. The van der Waals surface area contributed by atoms with Crippen molar-refractivity contribution >= 4 is 27.5 Å². The molecular formula is C18H17NO4S. The fourth-order valence-electron chi connectivity index (χ4n) is 2.27. The number of nitrogens with zero attached hydrogens (tertiary/aromatic N) is 1. The largest absolute Gasteiger partial charge is 0.497 e.